The van der Waals surface area contributed by atoms with Crippen LogP contribution in [-0.4, -0.2) is 42.0 Å². The second kappa shape index (κ2) is 8.14. The minimum Gasteiger partial charge on any atom is -0.465 e. The van der Waals surface area contributed by atoms with E-state index in [0.29, 0.717) is 5.56 Å². The van der Waals surface area contributed by atoms with Crippen LogP contribution in [0.25, 0.3) is 22.6 Å². The van der Waals surface area contributed by atoms with E-state index in [-0.39, 0.29) is 5.91 Å². The van der Waals surface area contributed by atoms with Gasteiger partial charge in [0.25, 0.3) is 5.91 Å². The molecule has 0 unspecified atom stereocenters. The van der Waals surface area contributed by atoms with Gasteiger partial charge in [-0.3, -0.25) is 4.79 Å². The molecule has 1 aliphatic rings. The number of para-hydroxylation sites is 1. The van der Waals surface area contributed by atoms with Crippen molar-refractivity contribution in [1.82, 2.24) is 9.88 Å². The largest absolute Gasteiger partial charge is 0.465 e. The first-order chi connectivity index (χ1) is 14.5. The van der Waals surface area contributed by atoms with Gasteiger partial charge in [0, 0.05) is 19.5 Å². The van der Waals surface area contributed by atoms with E-state index < -0.39 is 12.1 Å². The Bertz CT molecular complexity index is 1130. The normalized spacial score (nSPS) is 15.6. The molecule has 0 aliphatic heterocycles. The standard InChI is InChI=1S/C24H24N2O4/c1-15(23(27)26(2)3)30-24(28)21-18-10-4-5-12-20(18)25-22-16(8-6-11-19(21)22)14-17-9-7-13-29-17/h4-5,7,9-10,12-15H,6,8,11H2,1-3H3/b16-14-/t15-/m1/s1. The molecule has 6 nitrogen and oxygen atoms in total. The SMILES string of the molecule is C[C@@H](OC(=O)c1c2c(nc3ccccc13)/C(=C\c1ccco1)CCC2)C(=O)N(C)C. The van der Waals surface area contributed by atoms with Crippen LogP contribution in [0, 0.1) is 0 Å². The van der Waals surface area contributed by atoms with Crippen LogP contribution in [0.4, 0.5) is 0 Å². The number of carbonyl (C=O) groups excluding carboxylic acids is 2. The lowest BCUT2D eigenvalue weighted by Gasteiger charge is -2.23. The fourth-order valence-electron chi connectivity index (χ4n) is 3.89. The molecular formula is C24H24N2O4. The van der Waals surface area contributed by atoms with Gasteiger partial charge in [-0.2, -0.15) is 0 Å². The van der Waals surface area contributed by atoms with Gasteiger partial charge in [-0.05, 0) is 61.6 Å². The number of benzene rings is 1. The molecule has 1 aromatic carbocycles. The molecule has 2 aromatic heterocycles. The van der Waals surface area contributed by atoms with Gasteiger partial charge in [-0.25, -0.2) is 9.78 Å². The summed E-state index contributed by atoms with van der Waals surface area (Å²) in [6.45, 7) is 1.60. The topological polar surface area (TPSA) is 72.6 Å². The molecule has 0 saturated carbocycles. The van der Waals surface area contributed by atoms with Crippen molar-refractivity contribution in [2.75, 3.05) is 14.1 Å². The maximum Gasteiger partial charge on any atom is 0.339 e. The third-order valence-electron chi connectivity index (χ3n) is 5.31. The van der Waals surface area contributed by atoms with Gasteiger partial charge in [-0.1, -0.05) is 18.2 Å². The highest BCUT2D eigenvalue weighted by Crippen LogP contribution is 2.36. The average molecular weight is 404 g/mol. The molecular weight excluding hydrogens is 380 g/mol. The lowest BCUT2D eigenvalue weighted by molar-refractivity contribution is -0.137. The molecule has 6 heteroatoms. The van der Waals surface area contributed by atoms with Crippen LogP contribution < -0.4 is 0 Å². The summed E-state index contributed by atoms with van der Waals surface area (Å²) in [5.74, 6) is 0.00270. The van der Waals surface area contributed by atoms with Gasteiger partial charge < -0.3 is 14.1 Å². The van der Waals surface area contributed by atoms with Crippen LogP contribution in [0.15, 0.2) is 47.1 Å². The van der Waals surface area contributed by atoms with Crippen molar-refractivity contribution in [1.29, 1.82) is 0 Å². The van der Waals surface area contributed by atoms with Crippen LogP contribution in [0.1, 0.15) is 47.1 Å². The number of ether oxygens (including phenoxy) is 1. The van der Waals surface area contributed by atoms with E-state index >= 15 is 0 Å². The van der Waals surface area contributed by atoms with Gasteiger partial charge >= 0.3 is 5.97 Å². The Morgan fingerprint density at radius 3 is 2.70 bits per heavy atom. The minimum absolute atomic E-state index is 0.256. The Kier molecular flexibility index (Phi) is 5.40. The number of hydrogen-bond acceptors (Lipinski definition) is 5. The van der Waals surface area contributed by atoms with E-state index in [9.17, 15) is 9.59 Å². The van der Waals surface area contributed by atoms with Crippen molar-refractivity contribution >= 4 is 34.4 Å². The molecule has 0 spiro atoms. The summed E-state index contributed by atoms with van der Waals surface area (Å²) in [7, 11) is 3.28. The second-order valence-corrected chi connectivity index (χ2v) is 7.65. The van der Waals surface area contributed by atoms with Crippen LogP contribution >= 0.6 is 0 Å². The molecule has 0 radical (unpaired) electrons. The molecule has 2 heterocycles. The predicted molar refractivity (Wildman–Crippen MR) is 115 cm³/mol. The minimum atomic E-state index is -0.864. The van der Waals surface area contributed by atoms with Gasteiger partial charge in [-0.15, -0.1) is 0 Å². The molecule has 154 valence electrons. The van der Waals surface area contributed by atoms with Crippen molar-refractivity contribution in [2.24, 2.45) is 0 Å². The van der Waals surface area contributed by atoms with Crippen molar-refractivity contribution in [3.05, 3.63) is 65.2 Å². The van der Waals surface area contributed by atoms with E-state index in [1.54, 1.807) is 27.3 Å². The number of aromatic nitrogens is 1. The number of fused-ring (bicyclic) bond motifs is 2. The summed E-state index contributed by atoms with van der Waals surface area (Å²) >= 11 is 0. The van der Waals surface area contributed by atoms with Crippen LogP contribution in [0.5, 0.6) is 0 Å². The summed E-state index contributed by atoms with van der Waals surface area (Å²) in [6, 6.07) is 11.3. The monoisotopic (exact) mass is 404 g/mol. The van der Waals surface area contributed by atoms with Crippen molar-refractivity contribution < 1.29 is 18.7 Å². The number of carbonyl (C=O) groups is 2. The molecule has 1 aliphatic carbocycles. The average Bonchev–Trinajstić information content (AvgIpc) is 3.24. The zero-order chi connectivity index (χ0) is 21.3. The Morgan fingerprint density at radius 1 is 1.17 bits per heavy atom. The van der Waals surface area contributed by atoms with E-state index in [1.165, 1.54) is 4.90 Å². The predicted octanol–water partition coefficient (Wildman–Crippen LogP) is 4.34. The molecule has 0 bridgehead atoms. The van der Waals surface area contributed by atoms with Gasteiger partial charge in [0.2, 0.25) is 0 Å². The smallest absolute Gasteiger partial charge is 0.339 e. The van der Waals surface area contributed by atoms with Gasteiger partial charge in [0.15, 0.2) is 6.10 Å². The number of rotatable bonds is 4. The van der Waals surface area contributed by atoms with Gasteiger partial charge in [0.1, 0.15) is 5.76 Å². The quantitative estimate of drug-likeness (QED) is 0.605. The second-order valence-electron chi connectivity index (χ2n) is 7.65. The number of esters is 1. The van der Waals surface area contributed by atoms with E-state index in [0.717, 1.165) is 52.8 Å². The maximum atomic E-state index is 13.2. The first-order valence-corrected chi connectivity index (χ1v) is 10.0. The van der Waals surface area contributed by atoms with Gasteiger partial charge in [0.05, 0.1) is 23.0 Å². The molecule has 1 atom stereocenters. The van der Waals surface area contributed by atoms with Crippen molar-refractivity contribution in [2.45, 2.75) is 32.3 Å². The highest BCUT2D eigenvalue weighted by Gasteiger charge is 2.28. The summed E-state index contributed by atoms with van der Waals surface area (Å²) in [6.07, 6.45) is 5.22. The summed E-state index contributed by atoms with van der Waals surface area (Å²) < 4.78 is 11.1. The summed E-state index contributed by atoms with van der Waals surface area (Å²) in [5, 5.41) is 0.741. The number of amides is 1. The summed E-state index contributed by atoms with van der Waals surface area (Å²) in [4.78, 5) is 31.7. The van der Waals surface area contributed by atoms with E-state index in [2.05, 4.69) is 0 Å². The Morgan fingerprint density at radius 2 is 1.97 bits per heavy atom. The molecule has 3 aromatic rings. The molecule has 0 N–H and O–H groups in total. The third kappa shape index (κ3) is 3.73. The lowest BCUT2D eigenvalue weighted by Crippen LogP contribution is -2.35. The Hall–Kier alpha value is -3.41. The number of pyridine rings is 1. The third-order valence-corrected chi connectivity index (χ3v) is 5.31. The molecule has 0 saturated heterocycles. The first-order valence-electron chi connectivity index (χ1n) is 10.0. The highest BCUT2D eigenvalue weighted by molar-refractivity contribution is 6.07. The van der Waals surface area contributed by atoms with E-state index in [1.807, 2.05) is 42.5 Å². The fraction of sp³-hybridized carbons (Fsp3) is 0.292. The molecule has 4 rings (SSSR count). The first kappa shape index (κ1) is 19.9. The van der Waals surface area contributed by atoms with Crippen LogP contribution in [-0.2, 0) is 16.0 Å². The Balaban J connectivity index is 1.83. The number of hydrogen-bond donors (Lipinski definition) is 0. The Labute approximate surface area is 175 Å². The summed E-state index contributed by atoms with van der Waals surface area (Å²) in [5.41, 5.74) is 3.92. The number of allylic oxidation sites excluding steroid dienone is 1. The van der Waals surface area contributed by atoms with Crippen LogP contribution in [0.2, 0.25) is 0 Å². The lowest BCUT2D eigenvalue weighted by atomic mass is 9.86. The zero-order valence-corrected chi connectivity index (χ0v) is 17.3. The number of nitrogens with zero attached hydrogens (tertiary/aromatic N) is 2. The van der Waals surface area contributed by atoms with Crippen molar-refractivity contribution in [3.8, 4) is 0 Å². The maximum absolute atomic E-state index is 13.2. The molecule has 0 fully saturated rings. The zero-order valence-electron chi connectivity index (χ0n) is 17.3. The molecule has 30 heavy (non-hydrogen) atoms. The van der Waals surface area contributed by atoms with Crippen molar-refractivity contribution in [3.63, 3.8) is 0 Å². The molecule has 1 amide bonds. The number of furan rings is 1. The van der Waals surface area contributed by atoms with E-state index in [4.69, 9.17) is 14.1 Å². The fourth-order valence-corrected chi connectivity index (χ4v) is 3.89. The number of likely N-dealkylation sites (N-methyl/N-ethyl adjacent to an activating group) is 1. The van der Waals surface area contributed by atoms with Crippen LogP contribution in [0.3, 0.4) is 0 Å². The highest BCUT2D eigenvalue weighted by atomic mass is 16.5.